The Hall–Kier alpha value is -2.62. The van der Waals surface area contributed by atoms with Crippen molar-refractivity contribution >= 4 is 21.8 Å². The number of benzene rings is 2. The molecule has 2 N–H and O–H groups in total. The summed E-state index contributed by atoms with van der Waals surface area (Å²) in [6.45, 7) is 19.4. The van der Waals surface area contributed by atoms with E-state index < -0.39 is 0 Å². The average Bonchev–Trinajstić information content (AvgIpc) is 3.35. The minimum atomic E-state index is 0.551. The molecule has 0 fully saturated rings. The molecule has 0 saturated heterocycles. The van der Waals surface area contributed by atoms with Crippen LogP contribution in [-0.2, 0) is 6.42 Å². The lowest BCUT2D eigenvalue weighted by molar-refractivity contribution is 0.855. The highest BCUT2D eigenvalue weighted by Crippen LogP contribution is 2.30. The molecular weight excluding hydrogens is 368 g/mol. The highest BCUT2D eigenvalue weighted by Gasteiger charge is 2.12. The summed E-state index contributed by atoms with van der Waals surface area (Å²) in [5, 5.41) is 17.0. The van der Waals surface area contributed by atoms with Gasteiger partial charge in [0.1, 0.15) is 0 Å². The summed E-state index contributed by atoms with van der Waals surface area (Å²) in [6.07, 6.45) is 3.03. The van der Waals surface area contributed by atoms with Gasteiger partial charge in [-0.25, -0.2) is 0 Å². The van der Waals surface area contributed by atoms with Crippen molar-refractivity contribution in [2.75, 3.05) is 0 Å². The van der Waals surface area contributed by atoms with Gasteiger partial charge in [0.05, 0.1) is 17.2 Å². The molecule has 2 aromatic carbocycles. The van der Waals surface area contributed by atoms with Crippen LogP contribution >= 0.6 is 0 Å². The maximum atomic E-state index is 4.28. The van der Waals surface area contributed by atoms with Gasteiger partial charge in [-0.15, -0.1) is 0 Å². The van der Waals surface area contributed by atoms with E-state index in [-0.39, 0.29) is 0 Å². The van der Waals surface area contributed by atoms with Crippen molar-refractivity contribution in [2.45, 2.75) is 80.6 Å². The molecule has 30 heavy (non-hydrogen) atoms. The van der Waals surface area contributed by atoms with Gasteiger partial charge in [0.25, 0.3) is 0 Å². The number of fused-ring (bicyclic) bond motifs is 2. The first kappa shape index (κ1) is 23.7. The second kappa shape index (κ2) is 10.4. The first-order valence-electron chi connectivity index (χ1n) is 11.2. The summed E-state index contributed by atoms with van der Waals surface area (Å²) in [7, 11) is 0. The summed E-state index contributed by atoms with van der Waals surface area (Å²) in [4.78, 5) is 0. The Morgan fingerprint density at radius 1 is 0.867 bits per heavy atom. The zero-order chi connectivity index (χ0) is 22.4. The van der Waals surface area contributed by atoms with Crippen molar-refractivity contribution in [3.63, 3.8) is 0 Å². The smallest absolute Gasteiger partial charge is 0.0926 e. The van der Waals surface area contributed by atoms with Gasteiger partial charge in [0, 0.05) is 16.5 Å². The van der Waals surface area contributed by atoms with Gasteiger partial charge in [0.15, 0.2) is 0 Å². The van der Waals surface area contributed by atoms with E-state index in [1.54, 1.807) is 0 Å². The van der Waals surface area contributed by atoms with Crippen molar-refractivity contribution in [1.29, 1.82) is 0 Å². The van der Waals surface area contributed by atoms with Crippen LogP contribution in [0.3, 0.4) is 0 Å². The number of aryl methyl sites for hydroxylation is 3. The number of aromatic amines is 2. The zero-order valence-electron chi connectivity index (χ0n) is 20.1. The first-order valence-corrected chi connectivity index (χ1v) is 11.2. The molecule has 4 nitrogen and oxygen atoms in total. The number of nitrogens with one attached hydrogen (secondary N) is 2. The molecule has 0 spiro atoms. The average molecular weight is 407 g/mol. The lowest BCUT2D eigenvalue weighted by Crippen LogP contribution is -1.95. The molecule has 4 aromatic rings. The summed E-state index contributed by atoms with van der Waals surface area (Å²) < 4.78 is 0. The molecule has 2 heterocycles. The fourth-order valence-corrected chi connectivity index (χ4v) is 4.22. The van der Waals surface area contributed by atoms with Crippen LogP contribution < -0.4 is 0 Å². The molecule has 0 atom stereocenters. The minimum Gasteiger partial charge on any atom is -0.282 e. The molecule has 0 aliphatic carbocycles. The van der Waals surface area contributed by atoms with Gasteiger partial charge in [-0.05, 0) is 66.5 Å². The molecule has 0 aliphatic rings. The largest absolute Gasteiger partial charge is 0.282 e. The molecule has 0 bridgehead atoms. The van der Waals surface area contributed by atoms with Gasteiger partial charge < -0.3 is 0 Å². The van der Waals surface area contributed by atoms with E-state index in [4.69, 9.17) is 0 Å². The van der Waals surface area contributed by atoms with Crippen LogP contribution in [0.1, 0.15) is 88.2 Å². The quantitative estimate of drug-likeness (QED) is 0.368. The lowest BCUT2D eigenvalue weighted by Gasteiger charge is -2.12. The normalized spacial score (nSPS) is 10.9. The Morgan fingerprint density at radius 3 is 2.13 bits per heavy atom. The minimum absolute atomic E-state index is 0.551. The summed E-state index contributed by atoms with van der Waals surface area (Å²) in [6, 6.07) is 8.56. The SMILES string of the molecule is CC.CCc1ccc2[nH]ncc2c1C(C)C.Cc1ccc2n[nH]c(C)c2c1C(C)C. The van der Waals surface area contributed by atoms with Crippen molar-refractivity contribution < 1.29 is 0 Å². The van der Waals surface area contributed by atoms with Crippen LogP contribution in [0.15, 0.2) is 30.5 Å². The highest BCUT2D eigenvalue weighted by molar-refractivity contribution is 5.86. The number of hydrogen-bond donors (Lipinski definition) is 2. The first-order chi connectivity index (χ1) is 14.3. The van der Waals surface area contributed by atoms with E-state index in [2.05, 4.69) is 93.1 Å². The summed E-state index contributed by atoms with van der Waals surface area (Å²) in [5.41, 5.74) is 9.06. The Balaban J connectivity index is 0.000000197. The van der Waals surface area contributed by atoms with Crippen molar-refractivity contribution in [1.82, 2.24) is 20.4 Å². The molecule has 4 heteroatoms. The van der Waals surface area contributed by atoms with Gasteiger partial charge in [-0.1, -0.05) is 60.6 Å². The van der Waals surface area contributed by atoms with Crippen LogP contribution in [-0.4, -0.2) is 20.4 Å². The van der Waals surface area contributed by atoms with Gasteiger partial charge in [-0.3, -0.25) is 10.2 Å². The fourth-order valence-electron chi connectivity index (χ4n) is 4.22. The van der Waals surface area contributed by atoms with E-state index in [0.29, 0.717) is 11.8 Å². The Kier molecular flexibility index (Phi) is 8.22. The lowest BCUT2D eigenvalue weighted by atomic mass is 9.92. The molecule has 0 amide bonds. The molecule has 0 aliphatic heterocycles. The maximum Gasteiger partial charge on any atom is 0.0926 e. The molecular formula is C26H38N4. The van der Waals surface area contributed by atoms with Crippen LogP contribution in [0, 0.1) is 13.8 Å². The van der Waals surface area contributed by atoms with Gasteiger partial charge >= 0.3 is 0 Å². The molecule has 0 saturated carbocycles. The molecule has 2 aromatic heterocycles. The second-order valence-electron chi connectivity index (χ2n) is 8.17. The Bertz CT molecular complexity index is 1080. The van der Waals surface area contributed by atoms with Crippen LogP contribution in [0.2, 0.25) is 0 Å². The number of H-pyrrole nitrogens is 2. The van der Waals surface area contributed by atoms with E-state index >= 15 is 0 Å². The third-order valence-electron chi connectivity index (χ3n) is 5.45. The number of aromatic nitrogens is 4. The summed E-state index contributed by atoms with van der Waals surface area (Å²) in [5.74, 6) is 1.11. The molecule has 0 unspecified atom stereocenters. The van der Waals surface area contributed by atoms with E-state index in [0.717, 1.165) is 17.5 Å². The third kappa shape index (κ3) is 4.75. The highest BCUT2D eigenvalue weighted by atomic mass is 15.1. The maximum absolute atomic E-state index is 4.28. The molecule has 0 radical (unpaired) electrons. The van der Waals surface area contributed by atoms with Crippen molar-refractivity contribution in [3.8, 4) is 0 Å². The standard InChI is InChI=1S/2C12H16N2.C2H6/c1-7(2)11-8(3)5-6-10-12(11)9(4)13-14-10;1-4-9-5-6-11-10(7-13-14-11)12(9)8(2)3;1-2/h5-7H,1-4H3,(H,13,14);5-8H,4H2,1-3H3,(H,13,14);1-2H3. The predicted octanol–water partition coefficient (Wildman–Crippen LogP) is 7.58. The summed E-state index contributed by atoms with van der Waals surface area (Å²) >= 11 is 0. The topological polar surface area (TPSA) is 57.4 Å². The number of nitrogens with zero attached hydrogens (tertiary/aromatic N) is 2. The molecule has 162 valence electrons. The Morgan fingerprint density at radius 2 is 1.53 bits per heavy atom. The van der Waals surface area contributed by atoms with Gasteiger partial charge in [-0.2, -0.15) is 10.2 Å². The van der Waals surface area contributed by atoms with Crippen molar-refractivity contribution in [2.24, 2.45) is 0 Å². The van der Waals surface area contributed by atoms with Gasteiger partial charge in [0.2, 0.25) is 0 Å². The zero-order valence-corrected chi connectivity index (χ0v) is 20.1. The Labute approximate surface area is 181 Å². The van der Waals surface area contributed by atoms with Crippen LogP contribution in [0.4, 0.5) is 0 Å². The number of hydrogen-bond acceptors (Lipinski definition) is 2. The van der Waals surface area contributed by atoms with Crippen LogP contribution in [0.5, 0.6) is 0 Å². The monoisotopic (exact) mass is 406 g/mol. The van der Waals surface area contributed by atoms with E-state index in [1.165, 1.54) is 38.7 Å². The van der Waals surface area contributed by atoms with Crippen LogP contribution in [0.25, 0.3) is 21.8 Å². The van der Waals surface area contributed by atoms with E-state index in [9.17, 15) is 0 Å². The van der Waals surface area contributed by atoms with Crippen molar-refractivity contribution in [3.05, 3.63) is 58.4 Å². The fraction of sp³-hybridized carbons (Fsp3) is 0.462. The molecule has 4 rings (SSSR count). The van der Waals surface area contributed by atoms with E-state index in [1.807, 2.05) is 20.0 Å². The third-order valence-corrected chi connectivity index (χ3v) is 5.45. The predicted molar refractivity (Wildman–Crippen MR) is 131 cm³/mol. The number of rotatable bonds is 3. The second-order valence-corrected chi connectivity index (χ2v) is 8.17.